The molecule has 2 amide bonds. The number of nitrogens with zero attached hydrogens (tertiary/aromatic N) is 1. The average molecular weight is 371 g/mol. The van der Waals surface area contributed by atoms with Gasteiger partial charge in [-0.05, 0) is 42.8 Å². The first-order chi connectivity index (χ1) is 13.0. The first kappa shape index (κ1) is 19.8. The predicted molar refractivity (Wildman–Crippen MR) is 100 cm³/mol. The van der Waals surface area contributed by atoms with Crippen molar-refractivity contribution in [1.82, 2.24) is 5.43 Å². The molecule has 27 heavy (non-hydrogen) atoms. The summed E-state index contributed by atoms with van der Waals surface area (Å²) in [6.45, 7) is 2.09. The number of hydrazone groups is 1. The standard InChI is InChI=1S/C19H21N3O5/c1-3-26-17-10-14(7-8-16(17)25-2)19(24)22-21-11-13-5-4-6-15(9-13)27-12-18(20)23/h4-11H,3,12H2,1-2H3,(H2,20,23)(H,22,24)/b21-11+. The number of hydrogen-bond acceptors (Lipinski definition) is 6. The van der Waals surface area contributed by atoms with Crippen LogP contribution in [0.25, 0.3) is 0 Å². The maximum atomic E-state index is 12.2. The second-order valence-electron chi connectivity index (χ2n) is 5.33. The lowest BCUT2D eigenvalue weighted by Gasteiger charge is -2.10. The second kappa shape index (κ2) is 9.81. The fraction of sp³-hybridized carbons (Fsp3) is 0.211. The van der Waals surface area contributed by atoms with Crippen molar-refractivity contribution in [2.24, 2.45) is 10.8 Å². The van der Waals surface area contributed by atoms with Gasteiger partial charge in [0.1, 0.15) is 5.75 Å². The number of ether oxygens (including phenoxy) is 3. The van der Waals surface area contributed by atoms with E-state index in [2.05, 4.69) is 10.5 Å². The van der Waals surface area contributed by atoms with E-state index in [1.165, 1.54) is 13.3 Å². The largest absolute Gasteiger partial charge is 0.493 e. The lowest BCUT2D eigenvalue weighted by Crippen LogP contribution is -2.20. The highest BCUT2D eigenvalue weighted by molar-refractivity contribution is 5.95. The molecule has 0 spiro atoms. The van der Waals surface area contributed by atoms with E-state index in [4.69, 9.17) is 19.9 Å². The van der Waals surface area contributed by atoms with E-state index in [0.29, 0.717) is 35.0 Å². The monoisotopic (exact) mass is 371 g/mol. The molecule has 0 heterocycles. The Kier molecular flexibility index (Phi) is 7.18. The van der Waals surface area contributed by atoms with Gasteiger partial charge in [0, 0.05) is 5.56 Å². The second-order valence-corrected chi connectivity index (χ2v) is 5.33. The number of nitrogens with two attached hydrogens (primary N) is 1. The molecule has 2 aromatic carbocycles. The number of carbonyl (C=O) groups excluding carboxylic acids is 2. The SMILES string of the molecule is CCOc1cc(C(=O)N/N=C/c2cccc(OCC(N)=O)c2)ccc1OC. The molecule has 0 saturated carbocycles. The van der Waals surface area contributed by atoms with Crippen LogP contribution in [0.15, 0.2) is 47.6 Å². The van der Waals surface area contributed by atoms with E-state index in [0.717, 1.165) is 0 Å². The summed E-state index contributed by atoms with van der Waals surface area (Å²) in [5, 5.41) is 3.93. The van der Waals surface area contributed by atoms with E-state index in [9.17, 15) is 9.59 Å². The van der Waals surface area contributed by atoms with Crippen LogP contribution in [-0.2, 0) is 4.79 Å². The van der Waals surface area contributed by atoms with Crippen LogP contribution in [0.4, 0.5) is 0 Å². The van der Waals surface area contributed by atoms with E-state index < -0.39 is 11.8 Å². The molecule has 8 nitrogen and oxygen atoms in total. The number of rotatable bonds is 9. The third-order valence-electron chi connectivity index (χ3n) is 3.34. The van der Waals surface area contributed by atoms with Gasteiger partial charge >= 0.3 is 0 Å². The number of amides is 2. The van der Waals surface area contributed by atoms with Gasteiger partial charge < -0.3 is 19.9 Å². The molecular formula is C19H21N3O5. The molecule has 0 fully saturated rings. The molecule has 0 saturated heterocycles. The van der Waals surface area contributed by atoms with Crippen LogP contribution in [0.5, 0.6) is 17.2 Å². The van der Waals surface area contributed by atoms with Gasteiger partial charge in [-0.1, -0.05) is 12.1 Å². The number of primary amides is 1. The van der Waals surface area contributed by atoms with Crippen molar-refractivity contribution < 1.29 is 23.8 Å². The molecular weight excluding hydrogens is 350 g/mol. The summed E-state index contributed by atoms with van der Waals surface area (Å²) < 4.78 is 15.9. The Labute approximate surface area is 156 Å². The Morgan fingerprint density at radius 3 is 2.67 bits per heavy atom. The molecule has 0 aromatic heterocycles. The van der Waals surface area contributed by atoms with Crippen molar-refractivity contribution in [3.8, 4) is 17.2 Å². The van der Waals surface area contributed by atoms with Crippen molar-refractivity contribution in [2.45, 2.75) is 6.92 Å². The number of methoxy groups -OCH3 is 1. The van der Waals surface area contributed by atoms with E-state index in [1.54, 1.807) is 42.5 Å². The zero-order valence-corrected chi connectivity index (χ0v) is 15.1. The lowest BCUT2D eigenvalue weighted by molar-refractivity contribution is -0.119. The molecule has 142 valence electrons. The van der Waals surface area contributed by atoms with Crippen molar-refractivity contribution in [3.05, 3.63) is 53.6 Å². The molecule has 0 aliphatic rings. The van der Waals surface area contributed by atoms with Gasteiger partial charge in [0.25, 0.3) is 11.8 Å². The third kappa shape index (κ3) is 6.03. The fourth-order valence-corrected chi connectivity index (χ4v) is 2.16. The predicted octanol–water partition coefficient (Wildman–Crippen LogP) is 1.72. The van der Waals surface area contributed by atoms with Gasteiger partial charge in [-0.3, -0.25) is 9.59 Å². The van der Waals surface area contributed by atoms with Crippen LogP contribution in [0, 0.1) is 0 Å². The number of hydrogen-bond donors (Lipinski definition) is 2. The number of benzene rings is 2. The highest BCUT2D eigenvalue weighted by atomic mass is 16.5. The normalized spacial score (nSPS) is 10.4. The minimum atomic E-state index is -0.563. The van der Waals surface area contributed by atoms with Crippen LogP contribution < -0.4 is 25.4 Å². The summed E-state index contributed by atoms with van der Waals surface area (Å²) in [5.74, 6) is 0.546. The smallest absolute Gasteiger partial charge is 0.271 e. The first-order valence-corrected chi connectivity index (χ1v) is 8.19. The molecule has 0 radical (unpaired) electrons. The van der Waals surface area contributed by atoms with Crippen LogP contribution in [0.1, 0.15) is 22.8 Å². The van der Waals surface area contributed by atoms with Crippen molar-refractivity contribution in [3.63, 3.8) is 0 Å². The van der Waals surface area contributed by atoms with Crippen LogP contribution in [0.2, 0.25) is 0 Å². The molecule has 2 aromatic rings. The van der Waals surface area contributed by atoms with Crippen molar-refractivity contribution in [1.29, 1.82) is 0 Å². The molecule has 8 heteroatoms. The molecule has 0 aliphatic heterocycles. The summed E-state index contributed by atoms with van der Waals surface area (Å²) >= 11 is 0. The van der Waals surface area contributed by atoms with Gasteiger partial charge in [0.05, 0.1) is 19.9 Å². The molecule has 3 N–H and O–H groups in total. The maximum Gasteiger partial charge on any atom is 0.271 e. The van der Waals surface area contributed by atoms with Gasteiger partial charge in [-0.25, -0.2) is 5.43 Å². The van der Waals surface area contributed by atoms with E-state index >= 15 is 0 Å². The topological polar surface area (TPSA) is 112 Å². The summed E-state index contributed by atoms with van der Waals surface area (Å²) in [6.07, 6.45) is 1.46. The van der Waals surface area contributed by atoms with Crippen LogP contribution in [0.3, 0.4) is 0 Å². The van der Waals surface area contributed by atoms with E-state index in [1.807, 2.05) is 6.92 Å². The molecule has 0 aliphatic carbocycles. The molecule has 0 bridgehead atoms. The minimum absolute atomic E-state index is 0.211. The lowest BCUT2D eigenvalue weighted by atomic mass is 10.2. The summed E-state index contributed by atoms with van der Waals surface area (Å²) in [7, 11) is 1.53. The minimum Gasteiger partial charge on any atom is -0.493 e. The van der Waals surface area contributed by atoms with Gasteiger partial charge in [0.2, 0.25) is 0 Å². The number of nitrogens with one attached hydrogen (secondary N) is 1. The van der Waals surface area contributed by atoms with Crippen molar-refractivity contribution in [2.75, 3.05) is 20.3 Å². The van der Waals surface area contributed by atoms with Gasteiger partial charge in [0.15, 0.2) is 18.1 Å². The molecule has 0 unspecified atom stereocenters. The van der Waals surface area contributed by atoms with Gasteiger partial charge in [-0.15, -0.1) is 0 Å². The molecule has 0 atom stereocenters. The average Bonchev–Trinajstić information content (AvgIpc) is 2.67. The highest BCUT2D eigenvalue weighted by Crippen LogP contribution is 2.27. The Hall–Kier alpha value is -3.55. The van der Waals surface area contributed by atoms with Crippen molar-refractivity contribution >= 4 is 18.0 Å². The number of carbonyl (C=O) groups is 2. The van der Waals surface area contributed by atoms with Gasteiger partial charge in [-0.2, -0.15) is 5.10 Å². The fourth-order valence-electron chi connectivity index (χ4n) is 2.16. The Bertz CT molecular complexity index is 836. The molecule has 2 rings (SSSR count). The van der Waals surface area contributed by atoms with Crippen LogP contribution >= 0.6 is 0 Å². The van der Waals surface area contributed by atoms with Crippen LogP contribution in [-0.4, -0.2) is 38.4 Å². The zero-order valence-electron chi connectivity index (χ0n) is 15.1. The van der Waals surface area contributed by atoms with E-state index in [-0.39, 0.29) is 6.61 Å². The first-order valence-electron chi connectivity index (χ1n) is 8.19. The quantitative estimate of drug-likeness (QED) is 0.515. The summed E-state index contributed by atoms with van der Waals surface area (Å²) in [5.41, 5.74) is 8.55. The Morgan fingerprint density at radius 1 is 1.15 bits per heavy atom. The highest BCUT2D eigenvalue weighted by Gasteiger charge is 2.10. The maximum absolute atomic E-state index is 12.2. The summed E-state index contributed by atoms with van der Waals surface area (Å²) in [6, 6.07) is 11.7. The summed E-state index contributed by atoms with van der Waals surface area (Å²) in [4.78, 5) is 23.0. The zero-order chi connectivity index (χ0) is 19.6. The Morgan fingerprint density at radius 2 is 1.96 bits per heavy atom. The third-order valence-corrected chi connectivity index (χ3v) is 3.34. The Balaban J connectivity index is 2.01.